The van der Waals surface area contributed by atoms with Crippen molar-refractivity contribution in [3.8, 4) is 0 Å². The average Bonchev–Trinajstić information content (AvgIpc) is 2.42. The molecular formula is C17H23NO4. The van der Waals surface area contributed by atoms with Crippen LogP contribution in [0.5, 0.6) is 0 Å². The van der Waals surface area contributed by atoms with Gasteiger partial charge in [-0.2, -0.15) is 0 Å². The summed E-state index contributed by atoms with van der Waals surface area (Å²) in [6.45, 7) is 5.95. The Bertz CT molecular complexity index is 562. The third-order valence-electron chi connectivity index (χ3n) is 3.67. The van der Waals surface area contributed by atoms with Gasteiger partial charge in [-0.15, -0.1) is 0 Å². The molecule has 1 amide bonds. The SMILES string of the molecule is CC(C)(C)OC(=O)N1Cc2ccccc2CC1CCC(=O)O. The smallest absolute Gasteiger partial charge is 0.410 e. The van der Waals surface area contributed by atoms with E-state index in [-0.39, 0.29) is 18.6 Å². The highest BCUT2D eigenvalue weighted by Gasteiger charge is 2.32. The quantitative estimate of drug-likeness (QED) is 0.931. The van der Waals surface area contributed by atoms with Crippen LogP contribution in [0.3, 0.4) is 0 Å². The molecule has 1 aromatic carbocycles. The van der Waals surface area contributed by atoms with Gasteiger partial charge in [-0.3, -0.25) is 4.79 Å². The Labute approximate surface area is 130 Å². The van der Waals surface area contributed by atoms with Crippen LogP contribution >= 0.6 is 0 Å². The molecule has 1 atom stereocenters. The van der Waals surface area contributed by atoms with Crippen molar-refractivity contribution in [3.05, 3.63) is 35.4 Å². The predicted molar refractivity (Wildman–Crippen MR) is 82.6 cm³/mol. The molecule has 0 fully saturated rings. The van der Waals surface area contributed by atoms with Crippen LogP contribution in [0.1, 0.15) is 44.7 Å². The van der Waals surface area contributed by atoms with Crippen molar-refractivity contribution in [2.45, 2.75) is 58.2 Å². The molecule has 0 saturated heterocycles. The molecule has 1 heterocycles. The number of fused-ring (bicyclic) bond motifs is 1. The predicted octanol–water partition coefficient (Wildman–Crippen LogP) is 3.21. The standard InChI is InChI=1S/C17H23NO4/c1-17(2,3)22-16(21)18-11-13-7-5-4-6-12(13)10-14(18)8-9-15(19)20/h4-7,14H,8-11H2,1-3H3,(H,19,20). The molecule has 0 spiro atoms. The van der Waals surface area contributed by atoms with E-state index in [2.05, 4.69) is 0 Å². The van der Waals surface area contributed by atoms with Crippen molar-refractivity contribution < 1.29 is 19.4 Å². The molecule has 120 valence electrons. The molecule has 1 aromatic rings. The lowest BCUT2D eigenvalue weighted by molar-refractivity contribution is -0.137. The van der Waals surface area contributed by atoms with E-state index in [9.17, 15) is 9.59 Å². The molecule has 5 heteroatoms. The van der Waals surface area contributed by atoms with E-state index in [0.717, 1.165) is 5.56 Å². The summed E-state index contributed by atoms with van der Waals surface area (Å²) in [6, 6.07) is 7.82. The number of amides is 1. The zero-order valence-corrected chi connectivity index (χ0v) is 13.3. The Morgan fingerprint density at radius 1 is 1.27 bits per heavy atom. The van der Waals surface area contributed by atoms with Crippen LogP contribution in [0.25, 0.3) is 0 Å². The summed E-state index contributed by atoms with van der Waals surface area (Å²) in [4.78, 5) is 25.0. The molecule has 2 rings (SSSR count). The Morgan fingerprint density at radius 2 is 1.91 bits per heavy atom. The first-order chi connectivity index (χ1) is 10.3. The second-order valence-electron chi connectivity index (χ2n) is 6.67. The van der Waals surface area contributed by atoms with Crippen molar-refractivity contribution in [1.82, 2.24) is 4.90 Å². The van der Waals surface area contributed by atoms with Crippen LogP contribution in [0.4, 0.5) is 4.79 Å². The molecule has 1 aliphatic heterocycles. The lowest BCUT2D eigenvalue weighted by Crippen LogP contribution is -2.46. The molecular weight excluding hydrogens is 282 g/mol. The molecule has 0 aromatic heterocycles. The van der Waals surface area contributed by atoms with Gasteiger partial charge in [0.25, 0.3) is 0 Å². The number of ether oxygens (including phenoxy) is 1. The number of aliphatic carboxylic acids is 1. The lowest BCUT2D eigenvalue weighted by atomic mass is 9.92. The van der Waals surface area contributed by atoms with Gasteiger partial charge in [0.1, 0.15) is 5.60 Å². The van der Waals surface area contributed by atoms with E-state index in [4.69, 9.17) is 9.84 Å². The van der Waals surface area contributed by atoms with Crippen LogP contribution in [0.2, 0.25) is 0 Å². The molecule has 1 unspecified atom stereocenters. The van der Waals surface area contributed by atoms with Gasteiger partial charge in [0.05, 0.1) is 0 Å². The highest BCUT2D eigenvalue weighted by atomic mass is 16.6. The largest absolute Gasteiger partial charge is 0.481 e. The average molecular weight is 305 g/mol. The van der Waals surface area contributed by atoms with Crippen LogP contribution in [0.15, 0.2) is 24.3 Å². The van der Waals surface area contributed by atoms with Crippen molar-refractivity contribution in [3.63, 3.8) is 0 Å². The fourth-order valence-corrected chi connectivity index (χ4v) is 2.67. The van der Waals surface area contributed by atoms with Crippen molar-refractivity contribution >= 4 is 12.1 Å². The Kier molecular flexibility index (Phi) is 4.74. The van der Waals surface area contributed by atoms with Crippen molar-refractivity contribution in [2.24, 2.45) is 0 Å². The van der Waals surface area contributed by atoms with Gasteiger partial charge in [-0.05, 0) is 44.7 Å². The van der Waals surface area contributed by atoms with Crippen LogP contribution < -0.4 is 0 Å². The van der Waals surface area contributed by atoms with Gasteiger partial charge < -0.3 is 14.7 Å². The van der Waals surface area contributed by atoms with E-state index in [1.54, 1.807) is 4.90 Å². The number of carbonyl (C=O) groups is 2. The summed E-state index contributed by atoms with van der Waals surface area (Å²) in [6.07, 6.45) is 0.773. The molecule has 0 aliphatic carbocycles. The normalized spacial score (nSPS) is 17.8. The molecule has 1 N–H and O–H groups in total. The molecule has 22 heavy (non-hydrogen) atoms. The van der Waals surface area contributed by atoms with E-state index < -0.39 is 11.6 Å². The lowest BCUT2D eigenvalue weighted by Gasteiger charge is -2.37. The first-order valence-electron chi connectivity index (χ1n) is 7.54. The maximum atomic E-state index is 12.4. The molecule has 5 nitrogen and oxygen atoms in total. The van der Waals surface area contributed by atoms with Gasteiger partial charge >= 0.3 is 12.1 Å². The third kappa shape index (κ3) is 4.23. The molecule has 1 aliphatic rings. The summed E-state index contributed by atoms with van der Waals surface area (Å²) < 4.78 is 5.47. The van der Waals surface area contributed by atoms with Gasteiger partial charge in [0, 0.05) is 19.0 Å². The fourth-order valence-electron chi connectivity index (χ4n) is 2.67. The van der Waals surface area contributed by atoms with Crippen molar-refractivity contribution in [1.29, 1.82) is 0 Å². The van der Waals surface area contributed by atoms with Gasteiger partial charge in [-0.1, -0.05) is 24.3 Å². The number of nitrogens with zero attached hydrogens (tertiary/aromatic N) is 1. The Hall–Kier alpha value is -2.04. The maximum absolute atomic E-state index is 12.4. The zero-order valence-electron chi connectivity index (χ0n) is 13.3. The molecule has 0 saturated carbocycles. The van der Waals surface area contributed by atoms with Crippen LogP contribution in [-0.4, -0.2) is 33.7 Å². The number of carbonyl (C=O) groups excluding carboxylic acids is 1. The maximum Gasteiger partial charge on any atom is 0.410 e. The molecule has 0 bridgehead atoms. The number of benzene rings is 1. The first kappa shape index (κ1) is 16.3. The monoisotopic (exact) mass is 305 g/mol. The Morgan fingerprint density at radius 3 is 2.50 bits per heavy atom. The first-order valence-corrected chi connectivity index (χ1v) is 7.54. The van der Waals surface area contributed by atoms with E-state index in [1.165, 1.54) is 5.56 Å². The Balaban J connectivity index is 2.19. The summed E-state index contributed by atoms with van der Waals surface area (Å²) in [7, 11) is 0. The minimum absolute atomic E-state index is 0.0477. The highest BCUT2D eigenvalue weighted by molar-refractivity contribution is 5.70. The topological polar surface area (TPSA) is 66.8 Å². The van der Waals surface area contributed by atoms with Gasteiger partial charge in [0.15, 0.2) is 0 Å². The third-order valence-corrected chi connectivity index (χ3v) is 3.67. The second kappa shape index (κ2) is 6.38. The summed E-state index contributed by atoms with van der Waals surface area (Å²) >= 11 is 0. The number of carboxylic acids is 1. The summed E-state index contributed by atoms with van der Waals surface area (Å²) in [5.74, 6) is -0.844. The highest BCUT2D eigenvalue weighted by Crippen LogP contribution is 2.27. The van der Waals surface area contributed by atoms with Crippen LogP contribution in [0, 0.1) is 0 Å². The second-order valence-corrected chi connectivity index (χ2v) is 6.67. The molecule has 0 radical (unpaired) electrons. The zero-order chi connectivity index (χ0) is 16.3. The minimum Gasteiger partial charge on any atom is -0.481 e. The van der Waals surface area contributed by atoms with E-state index >= 15 is 0 Å². The van der Waals surface area contributed by atoms with Gasteiger partial charge in [0.2, 0.25) is 0 Å². The summed E-state index contributed by atoms with van der Waals surface area (Å²) in [5.41, 5.74) is 1.71. The van der Waals surface area contributed by atoms with Crippen molar-refractivity contribution in [2.75, 3.05) is 0 Å². The van der Waals surface area contributed by atoms with E-state index in [1.807, 2.05) is 45.0 Å². The van der Waals surface area contributed by atoms with Gasteiger partial charge in [-0.25, -0.2) is 4.79 Å². The minimum atomic E-state index is -0.844. The fraction of sp³-hybridized carbons (Fsp3) is 0.529. The van der Waals surface area contributed by atoms with E-state index in [0.29, 0.717) is 19.4 Å². The number of hydrogen-bond donors (Lipinski definition) is 1. The number of hydrogen-bond acceptors (Lipinski definition) is 3. The number of carboxylic acid groups (broad SMARTS) is 1. The number of rotatable bonds is 3. The summed E-state index contributed by atoms with van der Waals surface area (Å²) in [5, 5.41) is 8.92. The van der Waals surface area contributed by atoms with Crippen LogP contribution in [-0.2, 0) is 22.5 Å².